The lowest BCUT2D eigenvalue weighted by molar-refractivity contribution is -0.230. The Hall–Kier alpha value is -1.07. The zero-order valence-corrected chi connectivity index (χ0v) is 17.9. The number of carbonyl (C=O) groups excluding carboxylic acids is 1. The third kappa shape index (κ3) is 8.22. The van der Waals surface area contributed by atoms with E-state index in [4.69, 9.17) is 4.74 Å². The summed E-state index contributed by atoms with van der Waals surface area (Å²) in [5.74, 6) is -0.220. The number of carbonyl (C=O) groups is 1. The number of aliphatic hydroxyl groups is 6. The molecule has 0 spiro atoms. The van der Waals surface area contributed by atoms with E-state index in [9.17, 15) is 35.4 Å². The van der Waals surface area contributed by atoms with Gasteiger partial charge in [0.15, 0.2) is 0 Å². The van der Waals surface area contributed by atoms with Crippen molar-refractivity contribution in [3.8, 4) is 0 Å². The van der Waals surface area contributed by atoms with E-state index >= 15 is 0 Å². The maximum atomic E-state index is 12.0. The molecule has 8 atom stereocenters. The fourth-order valence-corrected chi connectivity index (χ4v) is 3.48. The van der Waals surface area contributed by atoms with E-state index in [2.05, 4.69) is 5.32 Å². The van der Waals surface area contributed by atoms with Gasteiger partial charge in [-0.3, -0.25) is 4.79 Å². The van der Waals surface area contributed by atoms with Crippen LogP contribution in [0.2, 0.25) is 0 Å². The molecular weight excluding hydrogens is 394 g/mol. The lowest BCUT2D eigenvalue weighted by Gasteiger charge is -2.40. The van der Waals surface area contributed by atoms with Crippen molar-refractivity contribution in [3.63, 3.8) is 0 Å². The minimum absolute atomic E-state index is 0.220. The Kier molecular flexibility index (Phi) is 12.7. The molecule has 0 saturated carbocycles. The fraction of sp³-hybridized carbons (Fsp3) is 0.857. The topological polar surface area (TPSA) is 160 Å². The molecule has 1 heterocycles. The van der Waals surface area contributed by atoms with Gasteiger partial charge in [-0.15, -0.1) is 0 Å². The molecular formula is C21H39NO8. The quantitative estimate of drug-likeness (QED) is 0.189. The summed E-state index contributed by atoms with van der Waals surface area (Å²) in [6.07, 6.45) is -0.916. The second-order valence-corrected chi connectivity index (χ2v) is 7.92. The number of unbranched alkanes of at least 4 members (excludes halogenated alkanes) is 1. The van der Waals surface area contributed by atoms with Crippen LogP contribution in [0, 0.1) is 0 Å². The van der Waals surface area contributed by atoms with Crippen molar-refractivity contribution in [3.05, 3.63) is 12.2 Å². The van der Waals surface area contributed by atoms with Crippen molar-refractivity contribution in [1.82, 2.24) is 5.32 Å². The third-order valence-electron chi connectivity index (χ3n) is 5.37. The van der Waals surface area contributed by atoms with E-state index in [-0.39, 0.29) is 5.91 Å². The summed E-state index contributed by atoms with van der Waals surface area (Å²) in [4.78, 5) is 12.0. The van der Waals surface area contributed by atoms with Crippen LogP contribution in [0.15, 0.2) is 12.2 Å². The van der Waals surface area contributed by atoms with Crippen LogP contribution in [-0.2, 0) is 9.53 Å². The van der Waals surface area contributed by atoms with Crippen LogP contribution in [0.3, 0.4) is 0 Å². The largest absolute Gasteiger partial charge is 0.394 e. The first-order valence-electron chi connectivity index (χ1n) is 10.9. The average Bonchev–Trinajstić information content (AvgIpc) is 2.73. The minimum Gasteiger partial charge on any atom is -0.394 e. The SMILES string of the molecule is CCCC[C@@H](O)[C@@H](O)[C@H](C=CCC[C@H]1OC(CO)[C@H](O)C(O)C1O)NC(=O)CCC. The molecule has 3 unspecified atom stereocenters. The lowest BCUT2D eigenvalue weighted by Crippen LogP contribution is -2.58. The maximum absolute atomic E-state index is 12.0. The predicted octanol–water partition coefficient (Wildman–Crippen LogP) is -0.638. The van der Waals surface area contributed by atoms with E-state index < -0.39 is 55.4 Å². The zero-order chi connectivity index (χ0) is 22.7. The van der Waals surface area contributed by atoms with Crippen molar-refractivity contribution in [2.24, 2.45) is 0 Å². The molecule has 0 aromatic carbocycles. The van der Waals surface area contributed by atoms with Gasteiger partial charge in [0.25, 0.3) is 0 Å². The van der Waals surface area contributed by atoms with Crippen LogP contribution in [0.4, 0.5) is 0 Å². The molecule has 1 fully saturated rings. The first-order chi connectivity index (χ1) is 14.3. The summed E-state index contributed by atoms with van der Waals surface area (Å²) in [5, 5.41) is 62.4. The molecule has 0 bridgehead atoms. The van der Waals surface area contributed by atoms with Crippen LogP contribution in [0.1, 0.15) is 58.8 Å². The summed E-state index contributed by atoms with van der Waals surface area (Å²) in [6, 6.07) is -0.759. The van der Waals surface area contributed by atoms with Crippen LogP contribution in [0.25, 0.3) is 0 Å². The van der Waals surface area contributed by atoms with E-state index in [1.165, 1.54) is 0 Å². The number of ether oxygens (including phenoxy) is 1. The number of aliphatic hydroxyl groups excluding tert-OH is 6. The molecule has 9 nitrogen and oxygen atoms in total. The average molecular weight is 434 g/mol. The van der Waals surface area contributed by atoms with Gasteiger partial charge in [0.2, 0.25) is 5.91 Å². The smallest absolute Gasteiger partial charge is 0.220 e. The highest BCUT2D eigenvalue weighted by Crippen LogP contribution is 2.24. The molecule has 7 N–H and O–H groups in total. The summed E-state index contributed by atoms with van der Waals surface area (Å²) in [7, 11) is 0. The van der Waals surface area contributed by atoms with Gasteiger partial charge >= 0.3 is 0 Å². The number of amides is 1. The molecule has 0 aromatic heterocycles. The molecule has 0 aromatic rings. The van der Waals surface area contributed by atoms with Crippen LogP contribution < -0.4 is 5.32 Å². The number of hydrogen-bond acceptors (Lipinski definition) is 8. The van der Waals surface area contributed by atoms with Crippen LogP contribution >= 0.6 is 0 Å². The molecule has 30 heavy (non-hydrogen) atoms. The van der Waals surface area contributed by atoms with Gasteiger partial charge in [0.1, 0.15) is 30.5 Å². The monoisotopic (exact) mass is 433 g/mol. The Morgan fingerprint density at radius 2 is 1.73 bits per heavy atom. The molecule has 1 aliphatic heterocycles. The summed E-state index contributed by atoms with van der Waals surface area (Å²) in [5.41, 5.74) is 0. The third-order valence-corrected chi connectivity index (χ3v) is 5.37. The first-order valence-corrected chi connectivity index (χ1v) is 10.9. The van der Waals surface area contributed by atoms with Crippen molar-refractivity contribution >= 4 is 5.91 Å². The molecule has 0 aliphatic carbocycles. The standard InChI is InChI=1S/C21H39NO8/c1-3-5-10-14(24)18(26)13(22-17(25)8-4-2)9-6-7-11-15-19(27)21(29)20(28)16(12-23)30-15/h6,9,13-16,18-21,23-24,26-29H,3-5,7-8,10-12H2,1-2H3,(H,22,25)/t13-,14+,15+,16?,18-,19?,20-,21?/m0/s1. The van der Waals surface area contributed by atoms with Crippen molar-refractivity contribution in [2.45, 2.75) is 108 Å². The minimum atomic E-state index is -1.42. The highest BCUT2D eigenvalue weighted by molar-refractivity contribution is 5.76. The fourth-order valence-electron chi connectivity index (χ4n) is 3.48. The molecule has 1 amide bonds. The van der Waals surface area contributed by atoms with E-state index in [0.29, 0.717) is 32.1 Å². The number of nitrogens with one attached hydrogen (secondary N) is 1. The molecule has 1 aliphatic rings. The molecule has 9 heteroatoms. The van der Waals surface area contributed by atoms with Gasteiger partial charge in [-0.05, 0) is 25.7 Å². The Morgan fingerprint density at radius 1 is 1.07 bits per heavy atom. The van der Waals surface area contributed by atoms with Gasteiger partial charge in [-0.25, -0.2) is 0 Å². The molecule has 176 valence electrons. The predicted molar refractivity (Wildman–Crippen MR) is 111 cm³/mol. The molecule has 1 saturated heterocycles. The van der Waals surface area contributed by atoms with Crippen molar-refractivity contribution < 1.29 is 40.2 Å². The Labute approximate surface area is 178 Å². The second kappa shape index (κ2) is 14.1. The normalized spacial score (nSPS) is 30.2. The Bertz CT molecular complexity index is 515. The van der Waals surface area contributed by atoms with E-state index in [1.807, 2.05) is 13.8 Å². The summed E-state index contributed by atoms with van der Waals surface area (Å²) in [6.45, 7) is 3.38. The van der Waals surface area contributed by atoms with Crippen LogP contribution in [0.5, 0.6) is 0 Å². The van der Waals surface area contributed by atoms with Gasteiger partial charge in [-0.1, -0.05) is 38.8 Å². The van der Waals surface area contributed by atoms with Crippen LogP contribution in [-0.4, -0.2) is 91.9 Å². The Balaban J connectivity index is 2.70. The van der Waals surface area contributed by atoms with Gasteiger partial charge in [0, 0.05) is 6.42 Å². The molecule has 1 rings (SSSR count). The van der Waals surface area contributed by atoms with Crippen molar-refractivity contribution in [1.29, 1.82) is 0 Å². The molecule has 0 radical (unpaired) electrons. The number of rotatable bonds is 13. The van der Waals surface area contributed by atoms with E-state index in [0.717, 1.165) is 12.8 Å². The first kappa shape index (κ1) is 27.0. The highest BCUT2D eigenvalue weighted by Gasteiger charge is 2.42. The van der Waals surface area contributed by atoms with Crippen molar-refractivity contribution in [2.75, 3.05) is 6.61 Å². The number of allylic oxidation sites excluding steroid dienone is 1. The number of hydrogen-bond donors (Lipinski definition) is 7. The lowest BCUT2D eigenvalue weighted by atomic mass is 9.92. The summed E-state index contributed by atoms with van der Waals surface area (Å²) < 4.78 is 5.46. The highest BCUT2D eigenvalue weighted by atomic mass is 16.5. The van der Waals surface area contributed by atoms with Gasteiger partial charge in [-0.2, -0.15) is 0 Å². The van der Waals surface area contributed by atoms with Gasteiger partial charge in [0.05, 0.1) is 24.9 Å². The second-order valence-electron chi connectivity index (χ2n) is 7.92. The Morgan fingerprint density at radius 3 is 2.33 bits per heavy atom. The van der Waals surface area contributed by atoms with E-state index in [1.54, 1.807) is 12.2 Å². The summed E-state index contributed by atoms with van der Waals surface area (Å²) >= 11 is 0. The maximum Gasteiger partial charge on any atom is 0.220 e. The van der Waals surface area contributed by atoms with Gasteiger partial charge < -0.3 is 40.7 Å². The zero-order valence-electron chi connectivity index (χ0n) is 17.9.